The van der Waals surface area contributed by atoms with Gasteiger partial charge in [0.25, 0.3) is 5.89 Å². The molecule has 0 bridgehead atoms. The van der Waals surface area contributed by atoms with Gasteiger partial charge in [-0.3, -0.25) is 0 Å². The van der Waals surface area contributed by atoms with Crippen LogP contribution in [0.15, 0.2) is 34.9 Å². The summed E-state index contributed by atoms with van der Waals surface area (Å²) >= 11 is 0. The van der Waals surface area contributed by atoms with Gasteiger partial charge in [0.15, 0.2) is 11.9 Å². The molecule has 114 valence electrons. The van der Waals surface area contributed by atoms with E-state index in [4.69, 9.17) is 15.0 Å². The number of nitrogens with zero attached hydrogens (tertiary/aromatic N) is 2. The molecular formula is C15H20ClN3O2. The second-order valence-electron chi connectivity index (χ2n) is 5.21. The van der Waals surface area contributed by atoms with Crippen molar-refractivity contribution >= 4 is 12.4 Å². The van der Waals surface area contributed by atoms with Gasteiger partial charge < -0.3 is 15.0 Å². The highest BCUT2D eigenvalue weighted by Gasteiger charge is 2.39. The lowest BCUT2D eigenvalue weighted by molar-refractivity contribution is 0.0667. The number of hydrogen-bond acceptors (Lipinski definition) is 5. The Labute approximate surface area is 130 Å². The lowest BCUT2D eigenvalue weighted by Gasteiger charge is -2.34. The molecule has 1 atom stereocenters. The predicted molar refractivity (Wildman–Crippen MR) is 81.2 cm³/mol. The van der Waals surface area contributed by atoms with E-state index in [1.807, 2.05) is 37.3 Å². The summed E-state index contributed by atoms with van der Waals surface area (Å²) in [5.41, 5.74) is 6.82. The van der Waals surface area contributed by atoms with Gasteiger partial charge >= 0.3 is 0 Å². The van der Waals surface area contributed by atoms with Crippen LogP contribution in [0.4, 0.5) is 0 Å². The Morgan fingerprint density at radius 1 is 1.33 bits per heavy atom. The number of ether oxygens (including phenoxy) is 1. The molecule has 0 saturated heterocycles. The van der Waals surface area contributed by atoms with E-state index in [0.29, 0.717) is 18.3 Å². The zero-order valence-corrected chi connectivity index (χ0v) is 12.8. The second kappa shape index (κ2) is 6.56. The van der Waals surface area contributed by atoms with Crippen LogP contribution in [0.5, 0.6) is 0 Å². The van der Waals surface area contributed by atoms with E-state index in [0.717, 1.165) is 24.8 Å². The SMILES string of the molecule is CCOC(c1ccccc1)c1nc(C2(N)CCC2)no1.Cl. The summed E-state index contributed by atoms with van der Waals surface area (Å²) in [4.78, 5) is 4.47. The molecule has 1 fully saturated rings. The Balaban J connectivity index is 0.00000161. The number of nitrogens with two attached hydrogens (primary N) is 1. The third-order valence-electron chi connectivity index (χ3n) is 3.79. The highest BCUT2D eigenvalue weighted by molar-refractivity contribution is 5.85. The van der Waals surface area contributed by atoms with E-state index in [-0.39, 0.29) is 18.5 Å². The van der Waals surface area contributed by atoms with E-state index < -0.39 is 5.54 Å². The Kier molecular flexibility index (Phi) is 4.98. The van der Waals surface area contributed by atoms with E-state index in [9.17, 15) is 0 Å². The van der Waals surface area contributed by atoms with Crippen molar-refractivity contribution in [1.82, 2.24) is 10.1 Å². The summed E-state index contributed by atoms with van der Waals surface area (Å²) in [6.45, 7) is 2.52. The van der Waals surface area contributed by atoms with Crippen molar-refractivity contribution in [3.63, 3.8) is 0 Å². The minimum atomic E-state index is -0.408. The van der Waals surface area contributed by atoms with Crippen molar-refractivity contribution in [1.29, 1.82) is 0 Å². The molecule has 5 nitrogen and oxygen atoms in total. The van der Waals surface area contributed by atoms with Crippen LogP contribution in [-0.4, -0.2) is 16.7 Å². The van der Waals surface area contributed by atoms with Crippen molar-refractivity contribution in [2.75, 3.05) is 6.61 Å². The molecule has 0 amide bonds. The molecule has 1 saturated carbocycles. The Morgan fingerprint density at radius 3 is 2.62 bits per heavy atom. The highest BCUT2D eigenvalue weighted by atomic mass is 35.5. The van der Waals surface area contributed by atoms with Crippen LogP contribution < -0.4 is 5.73 Å². The highest BCUT2D eigenvalue weighted by Crippen LogP contribution is 2.37. The zero-order chi connectivity index (χ0) is 14.0. The molecule has 1 aliphatic carbocycles. The van der Waals surface area contributed by atoms with Crippen LogP contribution >= 0.6 is 12.4 Å². The van der Waals surface area contributed by atoms with E-state index in [1.54, 1.807) is 0 Å². The topological polar surface area (TPSA) is 74.2 Å². The Hall–Kier alpha value is -1.43. The maximum Gasteiger partial charge on any atom is 0.260 e. The Morgan fingerprint density at radius 2 is 2.05 bits per heavy atom. The fourth-order valence-electron chi connectivity index (χ4n) is 2.43. The van der Waals surface area contributed by atoms with Crippen LogP contribution in [0.3, 0.4) is 0 Å². The normalized spacial score (nSPS) is 17.6. The maximum atomic E-state index is 6.22. The average Bonchev–Trinajstić information content (AvgIpc) is 2.93. The fourth-order valence-corrected chi connectivity index (χ4v) is 2.43. The first-order chi connectivity index (χ1) is 9.73. The van der Waals surface area contributed by atoms with Gasteiger partial charge in [0.2, 0.25) is 0 Å². The van der Waals surface area contributed by atoms with Crippen LogP contribution in [-0.2, 0) is 10.3 Å². The van der Waals surface area contributed by atoms with Crippen molar-refractivity contribution in [3.8, 4) is 0 Å². The number of aromatic nitrogens is 2. The molecule has 0 aliphatic heterocycles. The molecule has 0 spiro atoms. The largest absolute Gasteiger partial charge is 0.364 e. The van der Waals surface area contributed by atoms with Gasteiger partial charge in [-0.05, 0) is 31.7 Å². The minimum Gasteiger partial charge on any atom is -0.364 e. The fraction of sp³-hybridized carbons (Fsp3) is 0.467. The summed E-state index contributed by atoms with van der Waals surface area (Å²) in [6, 6.07) is 9.89. The number of benzene rings is 1. The van der Waals surface area contributed by atoms with Gasteiger partial charge in [0.1, 0.15) is 0 Å². The molecule has 1 heterocycles. The summed E-state index contributed by atoms with van der Waals surface area (Å²) in [7, 11) is 0. The standard InChI is InChI=1S/C15H19N3O2.ClH/c1-2-19-12(11-7-4-3-5-8-11)13-17-14(18-20-13)15(16)9-6-10-15;/h3-5,7-8,12H,2,6,9-10,16H2,1H3;1H. The summed E-state index contributed by atoms with van der Waals surface area (Å²) in [5, 5.41) is 4.05. The molecule has 3 rings (SSSR count). The molecular weight excluding hydrogens is 290 g/mol. The van der Waals surface area contributed by atoms with Crippen LogP contribution in [0.25, 0.3) is 0 Å². The molecule has 6 heteroatoms. The van der Waals surface area contributed by atoms with Gasteiger partial charge in [-0.1, -0.05) is 35.5 Å². The molecule has 1 aromatic carbocycles. The third kappa shape index (κ3) is 3.10. The van der Waals surface area contributed by atoms with Crippen LogP contribution in [0.1, 0.15) is 49.6 Å². The van der Waals surface area contributed by atoms with Gasteiger partial charge in [-0.2, -0.15) is 4.98 Å². The van der Waals surface area contributed by atoms with Gasteiger partial charge in [-0.25, -0.2) is 0 Å². The number of rotatable bonds is 5. The lowest BCUT2D eigenvalue weighted by Crippen LogP contribution is -2.44. The van der Waals surface area contributed by atoms with Crippen molar-refractivity contribution in [3.05, 3.63) is 47.6 Å². The van der Waals surface area contributed by atoms with Gasteiger partial charge in [0.05, 0.1) is 5.54 Å². The first-order valence-electron chi connectivity index (χ1n) is 7.02. The molecule has 1 aromatic heterocycles. The molecule has 21 heavy (non-hydrogen) atoms. The molecule has 1 aliphatic rings. The Bertz CT molecular complexity index is 569. The average molecular weight is 310 g/mol. The summed E-state index contributed by atoms with van der Waals surface area (Å²) in [6.07, 6.45) is 2.62. The molecule has 0 radical (unpaired) electrons. The summed E-state index contributed by atoms with van der Waals surface area (Å²) in [5.74, 6) is 1.07. The lowest BCUT2D eigenvalue weighted by atomic mass is 9.77. The minimum absolute atomic E-state index is 0. The number of halogens is 1. The molecule has 2 N–H and O–H groups in total. The predicted octanol–water partition coefficient (Wildman–Crippen LogP) is 2.96. The van der Waals surface area contributed by atoms with Gasteiger partial charge in [-0.15, -0.1) is 12.4 Å². The van der Waals surface area contributed by atoms with Crippen molar-refractivity contribution in [2.45, 2.75) is 37.8 Å². The quantitative estimate of drug-likeness (QED) is 0.919. The third-order valence-corrected chi connectivity index (χ3v) is 3.79. The molecule has 2 aromatic rings. The first kappa shape index (κ1) is 15.9. The first-order valence-corrected chi connectivity index (χ1v) is 7.02. The van der Waals surface area contributed by atoms with Crippen molar-refractivity contribution < 1.29 is 9.26 Å². The zero-order valence-electron chi connectivity index (χ0n) is 12.0. The number of hydrogen-bond donors (Lipinski definition) is 1. The van der Waals surface area contributed by atoms with E-state index in [2.05, 4.69) is 10.1 Å². The van der Waals surface area contributed by atoms with Crippen LogP contribution in [0.2, 0.25) is 0 Å². The second-order valence-corrected chi connectivity index (χ2v) is 5.21. The smallest absolute Gasteiger partial charge is 0.260 e. The van der Waals surface area contributed by atoms with E-state index >= 15 is 0 Å². The summed E-state index contributed by atoms with van der Waals surface area (Å²) < 4.78 is 11.1. The maximum absolute atomic E-state index is 6.22. The molecule has 1 unspecified atom stereocenters. The van der Waals surface area contributed by atoms with Crippen LogP contribution in [0, 0.1) is 0 Å². The van der Waals surface area contributed by atoms with E-state index in [1.165, 1.54) is 0 Å². The monoisotopic (exact) mass is 309 g/mol. The van der Waals surface area contributed by atoms with Gasteiger partial charge in [0, 0.05) is 6.61 Å². The van der Waals surface area contributed by atoms with Crippen molar-refractivity contribution in [2.24, 2.45) is 5.73 Å².